The van der Waals surface area contributed by atoms with Crippen molar-refractivity contribution in [3.05, 3.63) is 28.5 Å². The maximum absolute atomic E-state index is 9.38. The van der Waals surface area contributed by atoms with E-state index in [1.165, 1.54) is 0 Å². The molecule has 0 bridgehead atoms. The third-order valence-electron chi connectivity index (χ3n) is 2.37. The third-order valence-corrected chi connectivity index (χ3v) is 2.80. The Kier molecular flexibility index (Phi) is 5.34. The average Bonchev–Trinajstić information content (AvgIpc) is 2.25. The Bertz CT molecular complexity index is 334. The lowest BCUT2D eigenvalue weighted by Crippen LogP contribution is -2.28. The van der Waals surface area contributed by atoms with Gasteiger partial charge in [-0.15, -0.1) is 0 Å². The minimum Gasteiger partial charge on any atom is -0.391 e. The fourth-order valence-corrected chi connectivity index (χ4v) is 1.63. The number of nitrogens with two attached hydrogens (primary N) is 1. The van der Waals surface area contributed by atoms with Gasteiger partial charge in [0.2, 0.25) is 0 Å². The molecule has 16 heavy (non-hydrogen) atoms. The highest BCUT2D eigenvalue weighted by atomic mass is 79.9. The summed E-state index contributed by atoms with van der Waals surface area (Å²) in [6.45, 7) is 3.87. The predicted octanol–water partition coefficient (Wildman–Crippen LogP) is 1.63. The van der Waals surface area contributed by atoms with E-state index in [1.54, 1.807) is 19.3 Å². The summed E-state index contributed by atoms with van der Waals surface area (Å²) in [5.41, 5.74) is 6.56. The topological polar surface area (TPSA) is 68.4 Å². The number of hydrogen-bond acceptors (Lipinski definition) is 4. The van der Waals surface area contributed by atoms with Crippen molar-refractivity contribution in [3.63, 3.8) is 0 Å². The standard InChI is InChI=1S/C11H17BrN2O2/c1-7(15)8(2)16-11(4-13)9-3-10(12)6-14-5-9/h3,5-8,11,15H,4,13H2,1-2H3. The van der Waals surface area contributed by atoms with Gasteiger partial charge in [-0.3, -0.25) is 4.98 Å². The quantitative estimate of drug-likeness (QED) is 0.864. The molecule has 3 atom stereocenters. The lowest BCUT2D eigenvalue weighted by Gasteiger charge is -2.23. The second kappa shape index (κ2) is 6.30. The molecule has 0 aromatic carbocycles. The number of aliphatic hydroxyl groups is 1. The number of rotatable bonds is 5. The zero-order valence-electron chi connectivity index (χ0n) is 9.43. The summed E-state index contributed by atoms with van der Waals surface area (Å²) in [5, 5.41) is 9.38. The number of halogens is 1. The Hall–Kier alpha value is -0.490. The van der Waals surface area contributed by atoms with Crippen molar-refractivity contribution in [1.82, 2.24) is 4.98 Å². The smallest absolute Gasteiger partial charge is 0.0967 e. The van der Waals surface area contributed by atoms with Gasteiger partial charge in [0.25, 0.3) is 0 Å². The van der Waals surface area contributed by atoms with Crippen LogP contribution in [0.25, 0.3) is 0 Å². The highest BCUT2D eigenvalue weighted by Gasteiger charge is 2.17. The molecule has 1 heterocycles. The lowest BCUT2D eigenvalue weighted by molar-refractivity contribution is -0.0592. The Labute approximate surface area is 104 Å². The number of pyridine rings is 1. The molecule has 3 unspecified atom stereocenters. The molecule has 0 saturated heterocycles. The van der Waals surface area contributed by atoms with Crippen LogP contribution in [0.5, 0.6) is 0 Å². The van der Waals surface area contributed by atoms with Crippen molar-refractivity contribution in [2.45, 2.75) is 32.2 Å². The van der Waals surface area contributed by atoms with Gasteiger partial charge < -0.3 is 15.6 Å². The summed E-state index contributed by atoms with van der Waals surface area (Å²) in [6.07, 6.45) is 2.41. The molecule has 1 aromatic rings. The van der Waals surface area contributed by atoms with Gasteiger partial charge in [0, 0.05) is 29.0 Å². The van der Waals surface area contributed by atoms with Crippen molar-refractivity contribution in [1.29, 1.82) is 0 Å². The van der Waals surface area contributed by atoms with Gasteiger partial charge in [0.1, 0.15) is 0 Å². The first-order valence-corrected chi connectivity index (χ1v) is 5.98. The molecule has 4 nitrogen and oxygen atoms in total. The van der Waals surface area contributed by atoms with Crippen LogP contribution < -0.4 is 5.73 Å². The van der Waals surface area contributed by atoms with E-state index in [0.717, 1.165) is 10.0 Å². The van der Waals surface area contributed by atoms with Gasteiger partial charge in [-0.1, -0.05) is 0 Å². The van der Waals surface area contributed by atoms with Crippen LogP contribution in [0.3, 0.4) is 0 Å². The summed E-state index contributed by atoms with van der Waals surface area (Å²) < 4.78 is 6.55. The molecule has 0 aliphatic rings. The van der Waals surface area contributed by atoms with Crippen LogP contribution in [-0.4, -0.2) is 28.8 Å². The van der Waals surface area contributed by atoms with E-state index in [2.05, 4.69) is 20.9 Å². The lowest BCUT2D eigenvalue weighted by atomic mass is 10.1. The van der Waals surface area contributed by atoms with E-state index < -0.39 is 6.10 Å². The van der Waals surface area contributed by atoms with Crippen LogP contribution in [-0.2, 0) is 4.74 Å². The maximum Gasteiger partial charge on any atom is 0.0967 e. The molecule has 0 saturated carbocycles. The van der Waals surface area contributed by atoms with Crippen LogP contribution in [0.1, 0.15) is 25.5 Å². The van der Waals surface area contributed by atoms with Gasteiger partial charge in [-0.05, 0) is 35.8 Å². The highest BCUT2D eigenvalue weighted by molar-refractivity contribution is 9.10. The Balaban J connectivity index is 2.74. The number of aromatic nitrogens is 1. The zero-order chi connectivity index (χ0) is 12.1. The van der Waals surface area contributed by atoms with Crippen molar-refractivity contribution >= 4 is 15.9 Å². The van der Waals surface area contributed by atoms with E-state index in [-0.39, 0.29) is 12.2 Å². The first-order valence-electron chi connectivity index (χ1n) is 5.18. The predicted molar refractivity (Wildman–Crippen MR) is 66.0 cm³/mol. The molecule has 5 heteroatoms. The zero-order valence-corrected chi connectivity index (χ0v) is 11.0. The fraction of sp³-hybridized carbons (Fsp3) is 0.545. The normalized spacial score (nSPS) is 16.8. The van der Waals surface area contributed by atoms with Crippen molar-refractivity contribution < 1.29 is 9.84 Å². The van der Waals surface area contributed by atoms with E-state index >= 15 is 0 Å². The van der Waals surface area contributed by atoms with Gasteiger partial charge in [-0.25, -0.2) is 0 Å². The van der Waals surface area contributed by atoms with Crippen LogP contribution in [0, 0.1) is 0 Å². The second-order valence-corrected chi connectivity index (χ2v) is 4.66. The van der Waals surface area contributed by atoms with E-state index in [9.17, 15) is 5.11 Å². The monoisotopic (exact) mass is 288 g/mol. The van der Waals surface area contributed by atoms with Crippen molar-refractivity contribution in [2.75, 3.05) is 6.54 Å². The second-order valence-electron chi connectivity index (χ2n) is 3.74. The summed E-state index contributed by atoms with van der Waals surface area (Å²) >= 11 is 3.35. The van der Waals surface area contributed by atoms with Crippen LogP contribution >= 0.6 is 15.9 Å². The summed E-state index contributed by atoms with van der Waals surface area (Å²) in [7, 11) is 0. The minimum atomic E-state index is -0.519. The molecule has 0 radical (unpaired) electrons. The molecule has 0 aliphatic heterocycles. The first kappa shape index (κ1) is 13.6. The van der Waals surface area contributed by atoms with Gasteiger partial charge in [0.05, 0.1) is 18.3 Å². The number of nitrogens with zero attached hydrogens (tertiary/aromatic N) is 1. The fourth-order valence-electron chi connectivity index (χ4n) is 1.25. The Morgan fingerprint density at radius 2 is 2.19 bits per heavy atom. The van der Waals surface area contributed by atoms with E-state index in [1.807, 2.05) is 13.0 Å². The molecule has 3 N–H and O–H groups in total. The average molecular weight is 289 g/mol. The molecule has 1 rings (SSSR count). The summed E-state index contributed by atoms with van der Waals surface area (Å²) in [4.78, 5) is 4.06. The molecule has 0 amide bonds. The van der Waals surface area contributed by atoms with E-state index in [4.69, 9.17) is 10.5 Å². The van der Waals surface area contributed by atoms with Gasteiger partial charge in [-0.2, -0.15) is 0 Å². The van der Waals surface area contributed by atoms with Gasteiger partial charge in [0.15, 0.2) is 0 Å². The van der Waals surface area contributed by atoms with Gasteiger partial charge >= 0.3 is 0 Å². The molecule has 0 spiro atoms. The molecule has 0 fully saturated rings. The van der Waals surface area contributed by atoms with Crippen LogP contribution in [0.4, 0.5) is 0 Å². The molecular weight excluding hydrogens is 272 g/mol. The molecular formula is C11H17BrN2O2. The number of hydrogen-bond donors (Lipinski definition) is 2. The summed E-state index contributed by atoms with van der Waals surface area (Å²) in [5.74, 6) is 0. The van der Waals surface area contributed by atoms with Crippen LogP contribution in [0.15, 0.2) is 22.9 Å². The highest BCUT2D eigenvalue weighted by Crippen LogP contribution is 2.21. The maximum atomic E-state index is 9.38. The Morgan fingerprint density at radius 3 is 2.69 bits per heavy atom. The van der Waals surface area contributed by atoms with Crippen molar-refractivity contribution in [3.8, 4) is 0 Å². The minimum absolute atomic E-state index is 0.241. The van der Waals surface area contributed by atoms with Crippen LogP contribution in [0.2, 0.25) is 0 Å². The third kappa shape index (κ3) is 3.83. The Morgan fingerprint density at radius 1 is 1.50 bits per heavy atom. The molecule has 0 aliphatic carbocycles. The van der Waals surface area contributed by atoms with Crippen molar-refractivity contribution in [2.24, 2.45) is 5.73 Å². The first-order chi connectivity index (χ1) is 7.54. The van der Waals surface area contributed by atoms with E-state index in [0.29, 0.717) is 6.54 Å². The number of ether oxygens (including phenoxy) is 1. The molecule has 1 aromatic heterocycles. The molecule has 90 valence electrons. The number of aliphatic hydroxyl groups excluding tert-OH is 1. The SMILES string of the molecule is CC(O)C(C)OC(CN)c1cncc(Br)c1. The summed E-state index contributed by atoms with van der Waals surface area (Å²) in [6, 6.07) is 1.92. The largest absolute Gasteiger partial charge is 0.391 e.